The van der Waals surface area contributed by atoms with E-state index in [1.54, 1.807) is 0 Å². The molecule has 0 amide bonds. The van der Waals surface area contributed by atoms with Crippen LogP contribution in [0.3, 0.4) is 0 Å². The lowest BCUT2D eigenvalue weighted by Gasteiger charge is -2.28. The van der Waals surface area contributed by atoms with E-state index in [4.69, 9.17) is 10.5 Å². The predicted octanol–water partition coefficient (Wildman–Crippen LogP) is 2.75. The average Bonchev–Trinajstić information content (AvgIpc) is 2.27. The Kier molecular flexibility index (Phi) is 4.29. The molecule has 0 aliphatic carbocycles. The Bertz CT molecular complexity index is 355. The molecule has 0 bridgehead atoms. The Morgan fingerprint density at radius 3 is 2.71 bits per heavy atom. The lowest BCUT2D eigenvalue weighted by atomic mass is 9.98. The van der Waals surface area contributed by atoms with Gasteiger partial charge in [0.15, 0.2) is 0 Å². The highest BCUT2D eigenvalue weighted by molar-refractivity contribution is 9.10. The van der Waals surface area contributed by atoms with E-state index in [0.717, 1.165) is 22.5 Å². The second-order valence-corrected chi connectivity index (χ2v) is 5.69. The van der Waals surface area contributed by atoms with Crippen LogP contribution in [0, 0.1) is 5.92 Å². The molecule has 0 radical (unpaired) electrons. The summed E-state index contributed by atoms with van der Waals surface area (Å²) in [6.07, 6.45) is 2.44. The van der Waals surface area contributed by atoms with E-state index in [2.05, 4.69) is 27.9 Å². The fourth-order valence-corrected chi connectivity index (χ4v) is 2.60. The fraction of sp³-hybridized carbons (Fsp3) is 0.538. The Balaban J connectivity index is 1.85. The Morgan fingerprint density at radius 2 is 2.06 bits per heavy atom. The quantitative estimate of drug-likeness (QED) is 0.872. The summed E-state index contributed by atoms with van der Waals surface area (Å²) < 4.78 is 6.78. The second-order valence-electron chi connectivity index (χ2n) is 4.78. The van der Waals surface area contributed by atoms with Crippen molar-refractivity contribution in [2.24, 2.45) is 5.92 Å². The van der Waals surface area contributed by atoms with Gasteiger partial charge in [-0.2, -0.15) is 0 Å². The smallest absolute Gasteiger partial charge is 0.122 e. The number of hydrogen-bond donors (Lipinski definition) is 1. The van der Waals surface area contributed by atoms with Gasteiger partial charge in [0.2, 0.25) is 0 Å². The molecule has 1 aromatic carbocycles. The van der Waals surface area contributed by atoms with Crippen LogP contribution in [0.4, 0.5) is 5.69 Å². The van der Waals surface area contributed by atoms with Gasteiger partial charge in [-0.15, -0.1) is 0 Å². The third kappa shape index (κ3) is 3.89. The molecule has 4 heteroatoms. The van der Waals surface area contributed by atoms with Crippen LogP contribution < -0.4 is 10.5 Å². The molecule has 2 N–H and O–H groups in total. The zero-order valence-corrected chi connectivity index (χ0v) is 11.7. The Hall–Kier alpha value is -0.740. The van der Waals surface area contributed by atoms with Crippen LogP contribution in [0.15, 0.2) is 22.7 Å². The van der Waals surface area contributed by atoms with Gasteiger partial charge >= 0.3 is 0 Å². The molecule has 0 unspecified atom stereocenters. The maximum Gasteiger partial charge on any atom is 0.122 e. The number of hydrogen-bond acceptors (Lipinski definition) is 3. The van der Waals surface area contributed by atoms with Crippen molar-refractivity contribution in [1.82, 2.24) is 4.90 Å². The van der Waals surface area contributed by atoms with Gasteiger partial charge in [-0.3, -0.25) is 0 Å². The zero-order valence-electron chi connectivity index (χ0n) is 10.2. The van der Waals surface area contributed by atoms with Crippen molar-refractivity contribution in [1.29, 1.82) is 0 Å². The minimum atomic E-state index is 0.673. The topological polar surface area (TPSA) is 38.5 Å². The molecule has 94 valence electrons. The van der Waals surface area contributed by atoms with E-state index in [-0.39, 0.29) is 0 Å². The highest BCUT2D eigenvalue weighted by atomic mass is 79.9. The van der Waals surface area contributed by atoms with Crippen molar-refractivity contribution < 1.29 is 4.74 Å². The van der Waals surface area contributed by atoms with Gasteiger partial charge in [-0.05, 0) is 51.0 Å². The lowest BCUT2D eigenvalue weighted by Crippen LogP contribution is -2.32. The van der Waals surface area contributed by atoms with Gasteiger partial charge in [-0.1, -0.05) is 15.9 Å². The standard InChI is InChI=1S/C13H19BrN2O/c1-16-4-2-10(3-5-16)9-17-13-7-11(14)6-12(15)8-13/h6-8,10H,2-5,9,15H2,1H3. The molecule has 0 spiro atoms. The van der Waals surface area contributed by atoms with E-state index in [9.17, 15) is 0 Å². The number of rotatable bonds is 3. The highest BCUT2D eigenvalue weighted by Crippen LogP contribution is 2.24. The maximum atomic E-state index is 5.81. The van der Waals surface area contributed by atoms with Crippen LogP contribution in [0.2, 0.25) is 0 Å². The molecule has 17 heavy (non-hydrogen) atoms. The molecule has 1 aliphatic rings. The van der Waals surface area contributed by atoms with Gasteiger partial charge in [0.05, 0.1) is 6.61 Å². The van der Waals surface area contributed by atoms with Crippen LogP contribution >= 0.6 is 15.9 Å². The van der Waals surface area contributed by atoms with Crippen molar-refractivity contribution in [3.63, 3.8) is 0 Å². The largest absolute Gasteiger partial charge is 0.493 e. The average molecular weight is 299 g/mol. The summed E-state index contributed by atoms with van der Waals surface area (Å²) in [6, 6.07) is 5.72. The summed E-state index contributed by atoms with van der Waals surface area (Å²) in [5, 5.41) is 0. The molecule has 2 rings (SSSR count). The third-order valence-corrected chi connectivity index (χ3v) is 3.68. The van der Waals surface area contributed by atoms with Crippen LogP contribution in [-0.2, 0) is 0 Å². The summed E-state index contributed by atoms with van der Waals surface area (Å²) in [6.45, 7) is 3.15. The van der Waals surface area contributed by atoms with E-state index in [0.29, 0.717) is 5.92 Å². The lowest BCUT2D eigenvalue weighted by molar-refractivity contribution is 0.160. The fourth-order valence-electron chi connectivity index (χ4n) is 2.11. The summed E-state index contributed by atoms with van der Waals surface area (Å²) in [4.78, 5) is 2.37. The summed E-state index contributed by atoms with van der Waals surface area (Å²) in [7, 11) is 2.17. The molecular weight excluding hydrogens is 280 g/mol. The molecule has 1 aliphatic heterocycles. The Morgan fingerprint density at radius 1 is 1.35 bits per heavy atom. The molecule has 0 aromatic heterocycles. The van der Waals surface area contributed by atoms with Crippen molar-refractivity contribution in [2.75, 3.05) is 32.5 Å². The number of nitrogen functional groups attached to an aromatic ring is 1. The number of likely N-dealkylation sites (tertiary alicyclic amines) is 1. The number of anilines is 1. The Labute approximate surface area is 111 Å². The molecule has 1 heterocycles. The van der Waals surface area contributed by atoms with Gasteiger partial charge in [0, 0.05) is 16.2 Å². The SMILES string of the molecule is CN1CCC(COc2cc(N)cc(Br)c2)CC1. The van der Waals surface area contributed by atoms with E-state index >= 15 is 0 Å². The van der Waals surface area contributed by atoms with E-state index in [1.807, 2.05) is 18.2 Å². The summed E-state index contributed by atoms with van der Waals surface area (Å²) in [5.41, 5.74) is 6.50. The monoisotopic (exact) mass is 298 g/mol. The van der Waals surface area contributed by atoms with Crippen LogP contribution in [0.5, 0.6) is 5.75 Å². The normalized spacial score (nSPS) is 18.2. The molecule has 1 aromatic rings. The van der Waals surface area contributed by atoms with Crippen molar-refractivity contribution >= 4 is 21.6 Å². The molecular formula is C13H19BrN2O. The molecule has 1 fully saturated rings. The maximum absolute atomic E-state index is 5.81. The van der Waals surface area contributed by atoms with E-state index in [1.165, 1.54) is 25.9 Å². The second kappa shape index (κ2) is 5.74. The molecule has 3 nitrogen and oxygen atoms in total. The van der Waals surface area contributed by atoms with E-state index < -0.39 is 0 Å². The number of nitrogens with zero attached hydrogens (tertiary/aromatic N) is 1. The minimum absolute atomic E-state index is 0.673. The van der Waals surface area contributed by atoms with Crippen LogP contribution in [-0.4, -0.2) is 31.6 Å². The number of piperidine rings is 1. The summed E-state index contributed by atoms with van der Waals surface area (Å²) >= 11 is 3.42. The predicted molar refractivity (Wildman–Crippen MR) is 74.3 cm³/mol. The first-order valence-electron chi connectivity index (χ1n) is 6.01. The van der Waals surface area contributed by atoms with Crippen molar-refractivity contribution in [3.05, 3.63) is 22.7 Å². The van der Waals surface area contributed by atoms with Crippen LogP contribution in [0.1, 0.15) is 12.8 Å². The van der Waals surface area contributed by atoms with Gasteiger partial charge in [0.1, 0.15) is 5.75 Å². The minimum Gasteiger partial charge on any atom is -0.493 e. The number of halogens is 1. The first-order chi connectivity index (χ1) is 8.13. The number of nitrogens with two attached hydrogens (primary N) is 1. The first-order valence-corrected chi connectivity index (χ1v) is 6.80. The highest BCUT2D eigenvalue weighted by Gasteiger charge is 2.17. The van der Waals surface area contributed by atoms with Crippen molar-refractivity contribution in [2.45, 2.75) is 12.8 Å². The molecule has 0 atom stereocenters. The van der Waals surface area contributed by atoms with Gasteiger partial charge < -0.3 is 15.4 Å². The number of ether oxygens (including phenoxy) is 1. The third-order valence-electron chi connectivity index (χ3n) is 3.22. The zero-order chi connectivity index (χ0) is 12.3. The molecule has 0 saturated carbocycles. The van der Waals surface area contributed by atoms with Crippen molar-refractivity contribution in [3.8, 4) is 5.75 Å². The van der Waals surface area contributed by atoms with Gasteiger partial charge in [-0.25, -0.2) is 0 Å². The number of benzene rings is 1. The van der Waals surface area contributed by atoms with Gasteiger partial charge in [0.25, 0.3) is 0 Å². The first kappa shape index (κ1) is 12.7. The summed E-state index contributed by atoms with van der Waals surface area (Å²) in [5.74, 6) is 1.53. The molecule has 1 saturated heterocycles. The van der Waals surface area contributed by atoms with Crippen LogP contribution in [0.25, 0.3) is 0 Å².